The second kappa shape index (κ2) is 7.68. The monoisotopic (exact) mass is 272 g/mol. The van der Waals surface area contributed by atoms with Crippen molar-refractivity contribution in [2.75, 3.05) is 19.8 Å². The van der Waals surface area contributed by atoms with E-state index in [0.717, 1.165) is 11.3 Å². The van der Waals surface area contributed by atoms with Gasteiger partial charge >= 0.3 is 0 Å². The van der Waals surface area contributed by atoms with Crippen LogP contribution >= 0.6 is 0 Å². The maximum atomic E-state index is 9.96. The molecule has 2 aromatic rings. The van der Waals surface area contributed by atoms with E-state index < -0.39 is 6.10 Å². The maximum Gasteiger partial charge on any atom is 0.119 e. The minimum atomic E-state index is -0.590. The average molecular weight is 272 g/mol. The summed E-state index contributed by atoms with van der Waals surface area (Å²) in [5.74, 6) is 0.829. The number of aryl methyl sites for hydroxylation is 1. The Bertz CT molecular complexity index is 493. The number of rotatable bonds is 7. The molecule has 0 aliphatic rings. The summed E-state index contributed by atoms with van der Waals surface area (Å²) in [6.45, 7) is 3.23. The second-order valence-corrected chi connectivity index (χ2v) is 4.66. The third-order valence-electron chi connectivity index (χ3n) is 2.98. The third kappa shape index (κ3) is 4.68. The molecule has 0 aliphatic heterocycles. The van der Waals surface area contributed by atoms with Crippen molar-refractivity contribution in [1.29, 1.82) is 0 Å². The molecule has 0 aliphatic carbocycles. The van der Waals surface area contributed by atoms with Crippen molar-refractivity contribution >= 4 is 0 Å². The zero-order valence-corrected chi connectivity index (χ0v) is 11.7. The van der Waals surface area contributed by atoms with Crippen molar-refractivity contribution < 1.29 is 14.6 Å². The Hall–Kier alpha value is -1.84. The van der Waals surface area contributed by atoms with Crippen molar-refractivity contribution in [3.63, 3.8) is 0 Å². The van der Waals surface area contributed by atoms with Crippen LogP contribution in [0, 0.1) is 6.92 Å². The number of aliphatic hydroxyl groups excluding tert-OH is 1. The molecule has 0 spiro atoms. The van der Waals surface area contributed by atoms with E-state index in [1.165, 1.54) is 5.56 Å². The zero-order valence-electron chi connectivity index (χ0n) is 11.7. The number of para-hydroxylation sites is 1. The average Bonchev–Trinajstić information content (AvgIpc) is 2.48. The highest BCUT2D eigenvalue weighted by Crippen LogP contribution is 2.14. The molecule has 0 aromatic heterocycles. The predicted molar refractivity (Wildman–Crippen MR) is 78.9 cm³/mol. The van der Waals surface area contributed by atoms with Crippen molar-refractivity contribution in [3.8, 4) is 5.75 Å². The van der Waals surface area contributed by atoms with Crippen molar-refractivity contribution in [3.05, 3.63) is 65.7 Å². The lowest BCUT2D eigenvalue weighted by molar-refractivity contribution is 0.0239. The van der Waals surface area contributed by atoms with E-state index >= 15 is 0 Å². The van der Waals surface area contributed by atoms with E-state index in [0.29, 0.717) is 13.2 Å². The predicted octanol–water partition coefficient (Wildman–Crippen LogP) is 3.12. The molecule has 1 N–H and O–H groups in total. The molecule has 1 atom stereocenters. The molecule has 0 amide bonds. The zero-order chi connectivity index (χ0) is 14.2. The van der Waals surface area contributed by atoms with Gasteiger partial charge in [-0.05, 0) is 24.6 Å². The SMILES string of the molecule is Cc1ccc(C(O)COCCOc2ccccc2)cc1. The van der Waals surface area contributed by atoms with Crippen LogP contribution in [0.3, 0.4) is 0 Å². The van der Waals surface area contributed by atoms with Gasteiger partial charge in [-0.15, -0.1) is 0 Å². The lowest BCUT2D eigenvalue weighted by Crippen LogP contribution is -2.12. The fraction of sp³-hybridized carbons (Fsp3) is 0.294. The minimum Gasteiger partial charge on any atom is -0.491 e. The van der Waals surface area contributed by atoms with Crippen molar-refractivity contribution in [2.24, 2.45) is 0 Å². The molecule has 3 heteroatoms. The van der Waals surface area contributed by atoms with Gasteiger partial charge in [0.15, 0.2) is 0 Å². The van der Waals surface area contributed by atoms with Crippen LogP contribution in [0.1, 0.15) is 17.2 Å². The molecule has 3 nitrogen and oxygen atoms in total. The first kappa shape index (κ1) is 14.6. The highest BCUT2D eigenvalue weighted by molar-refractivity contribution is 5.23. The topological polar surface area (TPSA) is 38.7 Å². The number of benzene rings is 2. The summed E-state index contributed by atoms with van der Waals surface area (Å²) in [7, 11) is 0. The second-order valence-electron chi connectivity index (χ2n) is 4.66. The van der Waals surface area contributed by atoms with Gasteiger partial charge in [0.05, 0.1) is 13.2 Å². The standard InChI is InChI=1S/C17H20O3/c1-14-7-9-15(10-8-14)17(18)13-19-11-12-20-16-5-3-2-4-6-16/h2-10,17-18H,11-13H2,1H3. The lowest BCUT2D eigenvalue weighted by Gasteiger charge is -2.12. The Labute approximate surface area is 119 Å². The molecule has 1 unspecified atom stereocenters. The van der Waals surface area contributed by atoms with Gasteiger partial charge in [0.1, 0.15) is 18.5 Å². The summed E-state index contributed by atoms with van der Waals surface area (Å²) in [6.07, 6.45) is -0.590. The molecule has 0 heterocycles. The smallest absolute Gasteiger partial charge is 0.119 e. The summed E-state index contributed by atoms with van der Waals surface area (Å²) in [4.78, 5) is 0. The van der Waals surface area contributed by atoms with E-state index in [1.54, 1.807) is 0 Å². The number of aliphatic hydroxyl groups is 1. The van der Waals surface area contributed by atoms with E-state index in [1.807, 2.05) is 61.5 Å². The summed E-state index contributed by atoms with van der Waals surface area (Å²) < 4.78 is 10.9. The fourth-order valence-corrected chi connectivity index (χ4v) is 1.81. The molecule has 0 fully saturated rings. The van der Waals surface area contributed by atoms with Gasteiger partial charge in [-0.2, -0.15) is 0 Å². The van der Waals surface area contributed by atoms with E-state index in [9.17, 15) is 5.11 Å². The van der Waals surface area contributed by atoms with Gasteiger partial charge in [0.25, 0.3) is 0 Å². The van der Waals surface area contributed by atoms with E-state index in [-0.39, 0.29) is 6.61 Å². The molecule has 0 saturated carbocycles. The van der Waals surface area contributed by atoms with Crippen LogP contribution in [-0.2, 0) is 4.74 Å². The largest absolute Gasteiger partial charge is 0.491 e. The normalized spacial score (nSPS) is 12.1. The summed E-state index contributed by atoms with van der Waals surface area (Å²) >= 11 is 0. The molecule has 2 rings (SSSR count). The molecular formula is C17H20O3. The third-order valence-corrected chi connectivity index (χ3v) is 2.98. The first-order chi connectivity index (χ1) is 9.75. The van der Waals surface area contributed by atoms with Crippen LogP contribution in [0.2, 0.25) is 0 Å². The Morgan fingerprint density at radius 2 is 1.65 bits per heavy atom. The van der Waals surface area contributed by atoms with Gasteiger partial charge in [0, 0.05) is 0 Å². The number of hydrogen-bond donors (Lipinski definition) is 1. The van der Waals surface area contributed by atoms with Crippen LogP contribution in [0.4, 0.5) is 0 Å². The van der Waals surface area contributed by atoms with Crippen LogP contribution in [0.25, 0.3) is 0 Å². The highest BCUT2D eigenvalue weighted by atomic mass is 16.5. The van der Waals surface area contributed by atoms with Crippen LogP contribution in [0.15, 0.2) is 54.6 Å². The molecule has 0 radical (unpaired) electrons. The molecule has 0 saturated heterocycles. The van der Waals surface area contributed by atoms with Gasteiger partial charge < -0.3 is 14.6 Å². The van der Waals surface area contributed by atoms with Crippen molar-refractivity contribution in [2.45, 2.75) is 13.0 Å². The first-order valence-electron chi connectivity index (χ1n) is 6.76. The van der Waals surface area contributed by atoms with Crippen LogP contribution in [0.5, 0.6) is 5.75 Å². The van der Waals surface area contributed by atoms with Crippen LogP contribution in [-0.4, -0.2) is 24.9 Å². The maximum absolute atomic E-state index is 9.96. The first-order valence-corrected chi connectivity index (χ1v) is 6.76. The lowest BCUT2D eigenvalue weighted by atomic mass is 10.1. The molecular weight excluding hydrogens is 252 g/mol. The Kier molecular flexibility index (Phi) is 5.59. The molecule has 20 heavy (non-hydrogen) atoms. The Morgan fingerprint density at radius 1 is 0.950 bits per heavy atom. The summed E-state index contributed by atoms with van der Waals surface area (Å²) in [5, 5.41) is 9.96. The summed E-state index contributed by atoms with van der Waals surface area (Å²) in [5.41, 5.74) is 2.05. The van der Waals surface area contributed by atoms with Gasteiger partial charge in [-0.1, -0.05) is 48.0 Å². The summed E-state index contributed by atoms with van der Waals surface area (Å²) in [6, 6.07) is 17.4. The molecule has 0 bridgehead atoms. The highest BCUT2D eigenvalue weighted by Gasteiger charge is 2.06. The van der Waals surface area contributed by atoms with Crippen molar-refractivity contribution in [1.82, 2.24) is 0 Å². The van der Waals surface area contributed by atoms with Gasteiger partial charge in [-0.25, -0.2) is 0 Å². The fourth-order valence-electron chi connectivity index (χ4n) is 1.81. The van der Waals surface area contributed by atoms with Crippen LogP contribution < -0.4 is 4.74 Å². The number of ether oxygens (including phenoxy) is 2. The van der Waals surface area contributed by atoms with E-state index in [2.05, 4.69) is 0 Å². The molecule has 106 valence electrons. The Morgan fingerprint density at radius 3 is 2.35 bits per heavy atom. The van der Waals surface area contributed by atoms with E-state index in [4.69, 9.17) is 9.47 Å². The quantitative estimate of drug-likeness (QED) is 0.787. The van der Waals surface area contributed by atoms with Gasteiger partial charge in [0.2, 0.25) is 0 Å². The Balaban J connectivity index is 1.64. The molecule has 2 aromatic carbocycles. The minimum absolute atomic E-state index is 0.279. The number of hydrogen-bond acceptors (Lipinski definition) is 3. The van der Waals surface area contributed by atoms with Gasteiger partial charge in [-0.3, -0.25) is 0 Å².